The number of carbonyl (C=O) groups is 1. The highest BCUT2D eigenvalue weighted by Crippen LogP contribution is 2.22. The van der Waals surface area contributed by atoms with E-state index >= 15 is 0 Å². The van der Waals surface area contributed by atoms with Crippen LogP contribution in [0.4, 0.5) is 4.39 Å². The summed E-state index contributed by atoms with van der Waals surface area (Å²) in [5.74, 6) is -0.596. The SMILES string of the molecule is CNC(CC(N=O)N/C(=N\C(=O)c1ccc(Cl)c(F)c1)NC1CCOCC1)c1ccc(OC)cc1. The Bertz CT molecular complexity index is 1030. The number of benzene rings is 2. The van der Waals surface area contributed by atoms with Gasteiger partial charge in [0, 0.05) is 37.3 Å². The van der Waals surface area contributed by atoms with Gasteiger partial charge in [-0.05, 0) is 61.0 Å². The molecule has 11 heteroatoms. The topological polar surface area (TPSA) is 113 Å². The maximum Gasteiger partial charge on any atom is 0.280 e. The molecule has 1 heterocycles. The number of nitrogens with one attached hydrogen (secondary N) is 3. The molecule has 9 nitrogen and oxygen atoms in total. The predicted molar refractivity (Wildman–Crippen MR) is 132 cm³/mol. The van der Waals surface area contributed by atoms with Gasteiger partial charge in [-0.1, -0.05) is 23.7 Å². The zero-order chi connectivity index (χ0) is 25.2. The van der Waals surface area contributed by atoms with Crippen molar-refractivity contribution in [3.63, 3.8) is 0 Å². The molecule has 0 saturated carbocycles. The summed E-state index contributed by atoms with van der Waals surface area (Å²) >= 11 is 5.72. The number of ether oxygens (including phenoxy) is 2. The molecule has 2 unspecified atom stereocenters. The van der Waals surface area contributed by atoms with E-state index in [2.05, 4.69) is 26.1 Å². The van der Waals surface area contributed by atoms with Crippen LogP contribution in [0.5, 0.6) is 5.75 Å². The van der Waals surface area contributed by atoms with Crippen LogP contribution in [-0.4, -0.2) is 51.4 Å². The molecule has 3 N–H and O–H groups in total. The van der Waals surface area contributed by atoms with Gasteiger partial charge in [-0.3, -0.25) is 4.79 Å². The van der Waals surface area contributed by atoms with Crippen molar-refractivity contribution in [1.29, 1.82) is 0 Å². The number of aliphatic imine (C=N–C) groups is 1. The first-order valence-corrected chi connectivity index (χ1v) is 11.6. The number of nitroso groups, excluding NO2 is 1. The summed E-state index contributed by atoms with van der Waals surface area (Å²) < 4.78 is 24.4. The fourth-order valence-electron chi connectivity index (χ4n) is 3.70. The van der Waals surface area contributed by atoms with Crippen molar-refractivity contribution in [2.24, 2.45) is 10.2 Å². The molecule has 35 heavy (non-hydrogen) atoms. The van der Waals surface area contributed by atoms with E-state index in [1.165, 1.54) is 12.1 Å². The Morgan fingerprint density at radius 3 is 2.54 bits per heavy atom. The Morgan fingerprint density at radius 2 is 1.94 bits per heavy atom. The number of amides is 1. The first kappa shape index (κ1) is 26.5. The molecule has 0 aromatic heterocycles. The van der Waals surface area contributed by atoms with Gasteiger partial charge in [-0.25, -0.2) is 4.39 Å². The fourth-order valence-corrected chi connectivity index (χ4v) is 3.82. The van der Waals surface area contributed by atoms with Crippen LogP contribution in [0.3, 0.4) is 0 Å². The maximum absolute atomic E-state index is 13.9. The summed E-state index contributed by atoms with van der Waals surface area (Å²) in [7, 11) is 3.37. The summed E-state index contributed by atoms with van der Waals surface area (Å²) in [6, 6.07) is 10.9. The van der Waals surface area contributed by atoms with Gasteiger partial charge in [0.05, 0.1) is 12.1 Å². The van der Waals surface area contributed by atoms with E-state index in [1.54, 1.807) is 14.2 Å². The zero-order valence-electron chi connectivity index (χ0n) is 19.6. The quantitative estimate of drug-likeness (QED) is 0.270. The minimum atomic E-state index is -0.907. The lowest BCUT2D eigenvalue weighted by molar-refractivity contribution is 0.0821. The molecule has 1 aliphatic rings. The lowest BCUT2D eigenvalue weighted by atomic mass is 10.0. The number of methoxy groups -OCH3 is 1. The lowest BCUT2D eigenvalue weighted by Crippen LogP contribution is -2.49. The van der Waals surface area contributed by atoms with Gasteiger partial charge in [0.1, 0.15) is 11.6 Å². The molecule has 188 valence electrons. The average Bonchev–Trinajstić information content (AvgIpc) is 2.88. The Balaban J connectivity index is 1.79. The van der Waals surface area contributed by atoms with Crippen LogP contribution in [0.25, 0.3) is 0 Å². The van der Waals surface area contributed by atoms with Crippen molar-refractivity contribution in [1.82, 2.24) is 16.0 Å². The van der Waals surface area contributed by atoms with E-state index in [0.717, 1.165) is 17.4 Å². The highest BCUT2D eigenvalue weighted by atomic mass is 35.5. The number of halogens is 2. The van der Waals surface area contributed by atoms with Gasteiger partial charge in [-0.15, -0.1) is 4.91 Å². The van der Waals surface area contributed by atoms with E-state index < -0.39 is 17.9 Å². The van der Waals surface area contributed by atoms with Crippen LogP contribution in [-0.2, 0) is 4.74 Å². The van der Waals surface area contributed by atoms with Gasteiger partial charge >= 0.3 is 0 Å². The van der Waals surface area contributed by atoms with Gasteiger partial charge in [0.2, 0.25) is 5.96 Å². The first-order chi connectivity index (χ1) is 16.9. The number of guanidine groups is 1. The fraction of sp³-hybridized carbons (Fsp3) is 0.417. The van der Waals surface area contributed by atoms with Crippen LogP contribution in [0.1, 0.15) is 41.2 Å². The Morgan fingerprint density at radius 1 is 1.23 bits per heavy atom. The van der Waals surface area contributed by atoms with Crippen molar-refractivity contribution in [3.05, 3.63) is 69.3 Å². The summed E-state index contributed by atoms with van der Waals surface area (Å²) in [5, 5.41) is 12.4. The molecule has 1 amide bonds. The number of hydrogen-bond acceptors (Lipinski definition) is 6. The molecule has 2 aromatic carbocycles. The number of carbonyl (C=O) groups excluding carboxylic acids is 1. The molecule has 1 aliphatic heterocycles. The van der Waals surface area contributed by atoms with Crippen molar-refractivity contribution < 1.29 is 18.7 Å². The normalized spacial score (nSPS) is 16.3. The third-order valence-electron chi connectivity index (χ3n) is 5.70. The van der Waals surface area contributed by atoms with E-state index in [1.807, 2.05) is 24.3 Å². The molecular formula is C24H29ClFN5O4. The second-order valence-electron chi connectivity index (χ2n) is 8.04. The van der Waals surface area contributed by atoms with Crippen molar-refractivity contribution in [2.75, 3.05) is 27.4 Å². The molecule has 2 atom stereocenters. The van der Waals surface area contributed by atoms with Crippen molar-refractivity contribution in [2.45, 2.75) is 37.5 Å². The van der Waals surface area contributed by atoms with Crippen LogP contribution in [0.2, 0.25) is 5.02 Å². The predicted octanol–water partition coefficient (Wildman–Crippen LogP) is 3.79. The molecular weight excluding hydrogens is 477 g/mol. The average molecular weight is 506 g/mol. The van der Waals surface area contributed by atoms with E-state index in [-0.39, 0.29) is 35.1 Å². The van der Waals surface area contributed by atoms with Crippen molar-refractivity contribution >= 4 is 23.5 Å². The second-order valence-corrected chi connectivity index (χ2v) is 8.45. The molecule has 3 rings (SSSR count). The zero-order valence-corrected chi connectivity index (χ0v) is 20.3. The third kappa shape index (κ3) is 7.71. The molecule has 0 aliphatic carbocycles. The van der Waals surface area contributed by atoms with Gasteiger partial charge in [-0.2, -0.15) is 4.99 Å². The van der Waals surface area contributed by atoms with Crippen LogP contribution >= 0.6 is 11.6 Å². The Labute approximate surface area is 208 Å². The van der Waals surface area contributed by atoms with Gasteiger partial charge < -0.3 is 25.4 Å². The summed E-state index contributed by atoms with van der Waals surface area (Å²) in [4.78, 5) is 28.6. The maximum atomic E-state index is 13.9. The standard InChI is InChI=1S/C24H29ClFN5O4/c1-27-21(15-3-6-18(34-2)7-4-15)14-22(31-33)29-24(28-17-9-11-35-12-10-17)30-23(32)16-5-8-19(25)20(26)13-16/h3-8,13,17,21-22,27H,9-12,14H2,1-2H3,(H2,28,29,30,32). The van der Waals surface area contributed by atoms with Crippen LogP contribution < -0.4 is 20.7 Å². The van der Waals surface area contributed by atoms with E-state index in [0.29, 0.717) is 26.1 Å². The summed E-state index contributed by atoms with van der Waals surface area (Å²) in [5.41, 5.74) is 0.967. The second kappa shape index (κ2) is 13.1. The smallest absolute Gasteiger partial charge is 0.280 e. The molecule has 1 fully saturated rings. The lowest BCUT2D eigenvalue weighted by Gasteiger charge is -2.27. The Hall–Kier alpha value is -3.08. The monoisotopic (exact) mass is 505 g/mol. The Kier molecular flexibility index (Phi) is 9.95. The summed E-state index contributed by atoms with van der Waals surface area (Å²) in [6.45, 7) is 1.13. The number of rotatable bonds is 9. The molecule has 0 radical (unpaired) electrons. The van der Waals surface area contributed by atoms with Gasteiger partial charge in [0.15, 0.2) is 6.17 Å². The molecule has 2 aromatic rings. The highest BCUT2D eigenvalue weighted by molar-refractivity contribution is 6.30. The number of hydrogen-bond donors (Lipinski definition) is 3. The largest absolute Gasteiger partial charge is 0.497 e. The molecule has 1 saturated heterocycles. The van der Waals surface area contributed by atoms with E-state index in [9.17, 15) is 14.1 Å². The minimum absolute atomic E-state index is 0.0151. The van der Waals surface area contributed by atoms with Crippen LogP contribution in [0, 0.1) is 10.7 Å². The van der Waals surface area contributed by atoms with Gasteiger partial charge in [0.25, 0.3) is 5.91 Å². The minimum Gasteiger partial charge on any atom is -0.497 e. The molecule has 0 bridgehead atoms. The first-order valence-electron chi connectivity index (χ1n) is 11.3. The number of nitrogens with zero attached hydrogens (tertiary/aromatic N) is 2. The third-order valence-corrected chi connectivity index (χ3v) is 6.00. The van der Waals surface area contributed by atoms with Crippen LogP contribution in [0.15, 0.2) is 52.6 Å². The molecule has 0 spiro atoms. The highest BCUT2D eigenvalue weighted by Gasteiger charge is 2.22. The van der Waals surface area contributed by atoms with Crippen molar-refractivity contribution in [3.8, 4) is 5.75 Å². The van der Waals surface area contributed by atoms with E-state index in [4.69, 9.17) is 21.1 Å². The summed E-state index contributed by atoms with van der Waals surface area (Å²) in [6.07, 6.45) is 0.781.